The maximum Gasteiger partial charge on any atom is 0.227 e. The summed E-state index contributed by atoms with van der Waals surface area (Å²) in [6.07, 6.45) is 3.44. The molecule has 2 rings (SSSR count). The number of benzene rings is 1. The molecule has 0 fully saturated rings. The minimum absolute atomic E-state index is 0.639. The van der Waals surface area contributed by atoms with Crippen LogP contribution in [-0.2, 0) is 6.42 Å². The van der Waals surface area contributed by atoms with E-state index in [4.69, 9.17) is 4.74 Å². The van der Waals surface area contributed by atoms with E-state index in [0.29, 0.717) is 5.88 Å². The zero-order chi connectivity index (χ0) is 14.5. The van der Waals surface area contributed by atoms with E-state index in [1.807, 2.05) is 20.0 Å². The fourth-order valence-corrected chi connectivity index (χ4v) is 2.10. The van der Waals surface area contributed by atoms with Crippen LogP contribution in [0.1, 0.15) is 30.0 Å². The zero-order valence-electron chi connectivity index (χ0n) is 12.5. The highest BCUT2D eigenvalue weighted by molar-refractivity contribution is 5.50. The Balaban J connectivity index is 2.39. The topological polar surface area (TPSA) is 47.0 Å². The fraction of sp³-hybridized carbons (Fsp3) is 0.375. The molecule has 0 atom stereocenters. The van der Waals surface area contributed by atoms with Crippen molar-refractivity contribution in [2.45, 2.75) is 33.6 Å². The van der Waals surface area contributed by atoms with Crippen LogP contribution in [0.25, 0.3) is 0 Å². The molecule has 0 radical (unpaired) electrons. The molecule has 0 saturated heterocycles. The van der Waals surface area contributed by atoms with Gasteiger partial charge in [-0.25, -0.2) is 9.97 Å². The second-order valence-electron chi connectivity index (χ2n) is 4.88. The summed E-state index contributed by atoms with van der Waals surface area (Å²) in [6, 6.07) is 6.17. The lowest BCUT2D eigenvalue weighted by molar-refractivity contribution is 0.451. The number of ether oxygens (including phenoxy) is 1. The summed E-state index contributed by atoms with van der Waals surface area (Å²) < 4.78 is 6.03. The summed E-state index contributed by atoms with van der Waals surface area (Å²) in [5.41, 5.74) is 3.30. The highest BCUT2D eigenvalue weighted by atomic mass is 16.5. The smallest absolute Gasteiger partial charge is 0.227 e. The number of rotatable bonds is 5. The Morgan fingerprint density at radius 1 is 1.20 bits per heavy atom. The number of nitrogens with one attached hydrogen (secondary N) is 1. The van der Waals surface area contributed by atoms with E-state index in [1.54, 1.807) is 0 Å². The Hall–Kier alpha value is -2.10. The van der Waals surface area contributed by atoms with Crippen molar-refractivity contribution in [1.29, 1.82) is 0 Å². The summed E-state index contributed by atoms with van der Waals surface area (Å²) in [5.74, 6) is 2.32. The summed E-state index contributed by atoms with van der Waals surface area (Å²) in [7, 11) is 1.86. The van der Waals surface area contributed by atoms with Gasteiger partial charge in [-0.15, -0.1) is 0 Å². The Morgan fingerprint density at radius 3 is 2.70 bits per heavy atom. The molecule has 0 saturated carbocycles. The van der Waals surface area contributed by atoms with Crippen LogP contribution >= 0.6 is 0 Å². The number of hydrogen-bond acceptors (Lipinski definition) is 4. The van der Waals surface area contributed by atoms with Crippen molar-refractivity contribution in [3.8, 4) is 11.6 Å². The molecule has 20 heavy (non-hydrogen) atoms. The summed E-state index contributed by atoms with van der Waals surface area (Å²) in [5, 5.41) is 3.10. The van der Waals surface area contributed by atoms with Gasteiger partial charge in [0.15, 0.2) is 0 Å². The van der Waals surface area contributed by atoms with Gasteiger partial charge in [-0.2, -0.15) is 0 Å². The molecule has 106 valence electrons. The van der Waals surface area contributed by atoms with E-state index in [-0.39, 0.29) is 0 Å². The molecule has 1 heterocycles. The van der Waals surface area contributed by atoms with Crippen molar-refractivity contribution in [3.05, 3.63) is 41.2 Å². The van der Waals surface area contributed by atoms with Crippen LogP contribution in [0.5, 0.6) is 11.6 Å². The summed E-state index contributed by atoms with van der Waals surface area (Å²) in [6.45, 7) is 6.22. The van der Waals surface area contributed by atoms with Gasteiger partial charge in [-0.05, 0) is 37.5 Å². The molecule has 0 aliphatic rings. The normalized spacial score (nSPS) is 10.4. The van der Waals surface area contributed by atoms with Crippen LogP contribution in [0.15, 0.2) is 24.5 Å². The molecular formula is C16H21N3O. The van der Waals surface area contributed by atoms with Gasteiger partial charge < -0.3 is 10.1 Å². The van der Waals surface area contributed by atoms with Crippen LogP contribution in [-0.4, -0.2) is 17.0 Å². The zero-order valence-corrected chi connectivity index (χ0v) is 12.5. The highest BCUT2D eigenvalue weighted by Gasteiger charge is 2.13. The minimum atomic E-state index is 0.639. The molecule has 1 N–H and O–H groups in total. The van der Waals surface area contributed by atoms with E-state index in [1.165, 1.54) is 11.9 Å². The third-order valence-corrected chi connectivity index (χ3v) is 3.19. The van der Waals surface area contributed by atoms with E-state index in [0.717, 1.165) is 35.5 Å². The Morgan fingerprint density at radius 2 is 2.00 bits per heavy atom. The molecule has 1 aromatic heterocycles. The summed E-state index contributed by atoms with van der Waals surface area (Å²) >= 11 is 0. The van der Waals surface area contributed by atoms with Crippen molar-refractivity contribution >= 4 is 5.82 Å². The third kappa shape index (κ3) is 3.07. The van der Waals surface area contributed by atoms with E-state index >= 15 is 0 Å². The molecule has 0 aliphatic carbocycles. The number of aryl methyl sites for hydroxylation is 2. The first-order valence-corrected chi connectivity index (χ1v) is 6.92. The van der Waals surface area contributed by atoms with Crippen LogP contribution in [0.2, 0.25) is 0 Å². The van der Waals surface area contributed by atoms with Gasteiger partial charge in [0.25, 0.3) is 0 Å². The van der Waals surface area contributed by atoms with Gasteiger partial charge in [0.1, 0.15) is 17.9 Å². The van der Waals surface area contributed by atoms with Crippen LogP contribution in [0, 0.1) is 13.8 Å². The maximum absolute atomic E-state index is 6.03. The van der Waals surface area contributed by atoms with Crippen molar-refractivity contribution in [3.63, 3.8) is 0 Å². The minimum Gasteiger partial charge on any atom is -0.438 e. The molecule has 2 aromatic rings. The standard InChI is InChI=1S/C16H21N3O/c1-5-6-13-15(17-4)18-10-19-16(13)20-14-9-11(2)7-8-12(14)3/h7-10H,5-6H2,1-4H3,(H,17,18,19). The predicted octanol–water partition coefficient (Wildman–Crippen LogP) is 3.88. The van der Waals surface area contributed by atoms with Crippen molar-refractivity contribution in [1.82, 2.24) is 9.97 Å². The molecular weight excluding hydrogens is 250 g/mol. The fourth-order valence-electron chi connectivity index (χ4n) is 2.10. The lowest BCUT2D eigenvalue weighted by Crippen LogP contribution is -2.03. The average Bonchev–Trinajstić information content (AvgIpc) is 2.45. The lowest BCUT2D eigenvalue weighted by Gasteiger charge is -2.14. The van der Waals surface area contributed by atoms with Crippen molar-refractivity contribution < 1.29 is 4.74 Å². The van der Waals surface area contributed by atoms with Crippen LogP contribution in [0.3, 0.4) is 0 Å². The largest absolute Gasteiger partial charge is 0.438 e. The molecule has 0 aliphatic heterocycles. The molecule has 4 nitrogen and oxygen atoms in total. The van der Waals surface area contributed by atoms with Gasteiger partial charge in [-0.3, -0.25) is 0 Å². The van der Waals surface area contributed by atoms with E-state index in [9.17, 15) is 0 Å². The Kier molecular flexibility index (Phi) is 4.56. The van der Waals surface area contributed by atoms with Gasteiger partial charge in [0, 0.05) is 7.05 Å². The summed E-state index contributed by atoms with van der Waals surface area (Å²) in [4.78, 5) is 8.55. The number of anilines is 1. The first-order chi connectivity index (χ1) is 9.65. The quantitative estimate of drug-likeness (QED) is 0.896. The SMILES string of the molecule is CCCc1c(NC)ncnc1Oc1cc(C)ccc1C. The molecule has 0 bridgehead atoms. The average molecular weight is 271 g/mol. The molecule has 0 amide bonds. The number of nitrogens with zero attached hydrogens (tertiary/aromatic N) is 2. The third-order valence-electron chi connectivity index (χ3n) is 3.19. The first kappa shape index (κ1) is 14.3. The second-order valence-corrected chi connectivity index (χ2v) is 4.88. The lowest BCUT2D eigenvalue weighted by atomic mass is 10.1. The first-order valence-electron chi connectivity index (χ1n) is 6.92. The monoisotopic (exact) mass is 271 g/mol. The van der Waals surface area contributed by atoms with E-state index in [2.05, 4.69) is 41.3 Å². The highest BCUT2D eigenvalue weighted by Crippen LogP contribution is 2.30. The van der Waals surface area contributed by atoms with Gasteiger partial charge in [-0.1, -0.05) is 25.5 Å². The van der Waals surface area contributed by atoms with Gasteiger partial charge >= 0.3 is 0 Å². The maximum atomic E-state index is 6.03. The number of hydrogen-bond donors (Lipinski definition) is 1. The van der Waals surface area contributed by atoms with Gasteiger partial charge in [0.2, 0.25) is 5.88 Å². The Labute approximate surface area is 120 Å². The number of aromatic nitrogens is 2. The predicted molar refractivity (Wildman–Crippen MR) is 81.6 cm³/mol. The van der Waals surface area contributed by atoms with Gasteiger partial charge in [0.05, 0.1) is 5.56 Å². The molecule has 1 aromatic carbocycles. The Bertz CT molecular complexity index is 596. The van der Waals surface area contributed by atoms with E-state index < -0.39 is 0 Å². The molecule has 0 unspecified atom stereocenters. The molecule has 0 spiro atoms. The van der Waals surface area contributed by atoms with Crippen molar-refractivity contribution in [2.24, 2.45) is 0 Å². The van der Waals surface area contributed by atoms with Crippen LogP contribution in [0.4, 0.5) is 5.82 Å². The second kappa shape index (κ2) is 6.37. The van der Waals surface area contributed by atoms with Crippen molar-refractivity contribution in [2.75, 3.05) is 12.4 Å². The molecule has 4 heteroatoms. The van der Waals surface area contributed by atoms with Crippen LogP contribution < -0.4 is 10.1 Å².